The lowest BCUT2D eigenvalue weighted by Crippen LogP contribution is -2.26. The zero-order valence-electron chi connectivity index (χ0n) is 15.0. The van der Waals surface area contributed by atoms with Crippen molar-refractivity contribution in [1.82, 2.24) is 15.3 Å². The van der Waals surface area contributed by atoms with Gasteiger partial charge < -0.3 is 15.5 Å². The van der Waals surface area contributed by atoms with Crippen molar-refractivity contribution in [2.75, 3.05) is 23.3 Å². The lowest BCUT2D eigenvalue weighted by molar-refractivity contribution is 0.0946. The molecule has 0 atom stereocenters. The molecule has 0 saturated heterocycles. The zero-order chi connectivity index (χ0) is 17.8. The molecule has 2 N–H and O–H groups in total. The molecule has 6 heteroatoms. The summed E-state index contributed by atoms with van der Waals surface area (Å²) in [5.41, 5.74) is 3.25. The van der Waals surface area contributed by atoms with E-state index in [1.807, 2.05) is 19.1 Å². The predicted octanol–water partition coefficient (Wildman–Crippen LogP) is 3.27. The molecule has 1 aromatic heterocycles. The Morgan fingerprint density at radius 1 is 1.16 bits per heavy atom. The summed E-state index contributed by atoms with van der Waals surface area (Å²) in [6, 6.07) is 10.2. The monoisotopic (exact) mass is 339 g/mol. The van der Waals surface area contributed by atoms with Gasteiger partial charge in [-0.05, 0) is 63.9 Å². The fraction of sp³-hybridized carbons (Fsp3) is 0.421. The van der Waals surface area contributed by atoms with Gasteiger partial charge in [-0.2, -0.15) is 0 Å². The normalized spacial score (nSPS) is 13.4. The second kappa shape index (κ2) is 7.51. The molecule has 3 rings (SSSR count). The molecule has 2 aromatic rings. The first-order chi connectivity index (χ1) is 12.1. The van der Waals surface area contributed by atoms with Crippen molar-refractivity contribution < 1.29 is 4.79 Å². The largest absolute Gasteiger partial charge is 0.372 e. The highest BCUT2D eigenvalue weighted by molar-refractivity contribution is 5.93. The van der Waals surface area contributed by atoms with Gasteiger partial charge in [0.2, 0.25) is 5.95 Å². The maximum atomic E-state index is 12.2. The SMILES string of the molecule is CCN(CC)c1ccc(Nc2nc(C)cc(C(=O)NC3CC3)n2)cc1. The van der Waals surface area contributed by atoms with Crippen LogP contribution in [-0.2, 0) is 0 Å². The summed E-state index contributed by atoms with van der Waals surface area (Å²) >= 11 is 0. The maximum Gasteiger partial charge on any atom is 0.270 e. The fourth-order valence-electron chi connectivity index (χ4n) is 2.70. The third-order valence-electron chi connectivity index (χ3n) is 4.25. The van der Waals surface area contributed by atoms with Gasteiger partial charge in [0.25, 0.3) is 5.91 Å². The van der Waals surface area contributed by atoms with Gasteiger partial charge in [0, 0.05) is 36.2 Å². The number of carbonyl (C=O) groups excluding carboxylic acids is 1. The Hall–Kier alpha value is -2.63. The van der Waals surface area contributed by atoms with E-state index in [0.29, 0.717) is 17.7 Å². The lowest BCUT2D eigenvalue weighted by atomic mass is 10.2. The number of amides is 1. The van der Waals surface area contributed by atoms with Crippen molar-refractivity contribution in [3.05, 3.63) is 41.7 Å². The van der Waals surface area contributed by atoms with Crippen LogP contribution >= 0.6 is 0 Å². The average molecular weight is 339 g/mol. The predicted molar refractivity (Wildman–Crippen MR) is 101 cm³/mol. The number of carbonyl (C=O) groups is 1. The van der Waals surface area contributed by atoms with Crippen LogP contribution in [0.2, 0.25) is 0 Å². The van der Waals surface area contributed by atoms with Crippen molar-refractivity contribution in [1.29, 1.82) is 0 Å². The zero-order valence-corrected chi connectivity index (χ0v) is 15.0. The third kappa shape index (κ3) is 4.47. The Morgan fingerprint density at radius 2 is 1.84 bits per heavy atom. The minimum Gasteiger partial charge on any atom is -0.372 e. The molecule has 0 aliphatic heterocycles. The van der Waals surface area contributed by atoms with Gasteiger partial charge in [-0.15, -0.1) is 0 Å². The van der Waals surface area contributed by atoms with E-state index in [1.165, 1.54) is 5.69 Å². The quantitative estimate of drug-likeness (QED) is 0.810. The van der Waals surface area contributed by atoms with E-state index >= 15 is 0 Å². The topological polar surface area (TPSA) is 70.2 Å². The van der Waals surface area contributed by atoms with Crippen LogP contribution in [-0.4, -0.2) is 35.0 Å². The van der Waals surface area contributed by atoms with Crippen LogP contribution in [0.5, 0.6) is 0 Å². The Balaban J connectivity index is 1.73. The number of rotatable bonds is 7. The summed E-state index contributed by atoms with van der Waals surface area (Å²) in [6.45, 7) is 8.10. The van der Waals surface area contributed by atoms with Crippen LogP contribution in [0.1, 0.15) is 42.9 Å². The highest BCUT2D eigenvalue weighted by Crippen LogP contribution is 2.21. The van der Waals surface area contributed by atoms with Crippen molar-refractivity contribution in [2.45, 2.75) is 39.7 Å². The molecule has 1 saturated carbocycles. The molecule has 0 unspecified atom stereocenters. The maximum absolute atomic E-state index is 12.2. The number of benzene rings is 1. The second-order valence-corrected chi connectivity index (χ2v) is 6.31. The van der Waals surface area contributed by atoms with Crippen molar-refractivity contribution in [2.24, 2.45) is 0 Å². The molecular weight excluding hydrogens is 314 g/mol. The Morgan fingerprint density at radius 3 is 2.44 bits per heavy atom. The number of nitrogens with zero attached hydrogens (tertiary/aromatic N) is 3. The average Bonchev–Trinajstić information content (AvgIpc) is 3.41. The Kier molecular flexibility index (Phi) is 5.16. The smallest absolute Gasteiger partial charge is 0.270 e. The van der Waals surface area contributed by atoms with Crippen molar-refractivity contribution >= 4 is 23.2 Å². The van der Waals surface area contributed by atoms with Gasteiger partial charge in [0.15, 0.2) is 0 Å². The molecule has 1 heterocycles. The highest BCUT2D eigenvalue weighted by atomic mass is 16.2. The molecule has 0 spiro atoms. The van der Waals surface area contributed by atoms with E-state index in [0.717, 1.165) is 37.3 Å². The highest BCUT2D eigenvalue weighted by Gasteiger charge is 2.24. The number of hydrogen-bond acceptors (Lipinski definition) is 5. The van der Waals surface area contributed by atoms with Gasteiger partial charge in [0.05, 0.1) is 0 Å². The first kappa shape index (κ1) is 17.2. The first-order valence-corrected chi connectivity index (χ1v) is 8.87. The van der Waals surface area contributed by atoms with E-state index in [4.69, 9.17) is 0 Å². The molecule has 1 fully saturated rings. The van der Waals surface area contributed by atoms with Crippen LogP contribution in [0.4, 0.5) is 17.3 Å². The molecule has 1 amide bonds. The Bertz CT molecular complexity index is 736. The van der Waals surface area contributed by atoms with Gasteiger partial charge >= 0.3 is 0 Å². The van der Waals surface area contributed by atoms with Crippen LogP contribution in [0.15, 0.2) is 30.3 Å². The van der Waals surface area contributed by atoms with Crippen LogP contribution in [0.25, 0.3) is 0 Å². The molecule has 1 aliphatic carbocycles. The summed E-state index contributed by atoms with van der Waals surface area (Å²) in [7, 11) is 0. The number of aromatic nitrogens is 2. The second-order valence-electron chi connectivity index (χ2n) is 6.31. The van der Waals surface area contributed by atoms with Crippen LogP contribution < -0.4 is 15.5 Å². The van der Waals surface area contributed by atoms with Crippen molar-refractivity contribution in [3.8, 4) is 0 Å². The van der Waals surface area contributed by atoms with Gasteiger partial charge in [-0.25, -0.2) is 9.97 Å². The van der Waals surface area contributed by atoms with Crippen LogP contribution in [0, 0.1) is 6.92 Å². The van der Waals surface area contributed by atoms with E-state index < -0.39 is 0 Å². The fourth-order valence-corrected chi connectivity index (χ4v) is 2.70. The summed E-state index contributed by atoms with van der Waals surface area (Å²) < 4.78 is 0. The first-order valence-electron chi connectivity index (χ1n) is 8.87. The van der Waals surface area contributed by atoms with Gasteiger partial charge in [-0.3, -0.25) is 4.79 Å². The molecular formula is C19H25N5O. The minimum atomic E-state index is -0.132. The van der Waals surface area contributed by atoms with E-state index in [9.17, 15) is 4.79 Å². The van der Waals surface area contributed by atoms with Crippen LogP contribution in [0.3, 0.4) is 0 Å². The molecule has 1 aliphatic rings. The summed E-state index contributed by atoms with van der Waals surface area (Å²) in [6.07, 6.45) is 2.11. The molecule has 1 aromatic carbocycles. The van der Waals surface area contributed by atoms with E-state index in [1.54, 1.807) is 6.07 Å². The van der Waals surface area contributed by atoms with Crippen molar-refractivity contribution in [3.63, 3.8) is 0 Å². The molecule has 0 bridgehead atoms. The number of aryl methyl sites for hydroxylation is 1. The number of anilines is 3. The molecule has 0 radical (unpaired) electrons. The number of nitrogens with one attached hydrogen (secondary N) is 2. The van der Waals surface area contributed by atoms with E-state index in [2.05, 4.69) is 51.5 Å². The standard InChI is InChI=1S/C19H25N5O/c1-4-24(5-2)16-10-8-15(9-11-16)22-19-20-13(3)12-17(23-19)18(25)21-14-6-7-14/h8-12,14H,4-7H2,1-3H3,(H,21,25)(H,20,22,23). The minimum absolute atomic E-state index is 0.132. The summed E-state index contributed by atoms with van der Waals surface area (Å²) in [5, 5.41) is 6.15. The summed E-state index contributed by atoms with van der Waals surface area (Å²) in [5.74, 6) is 0.310. The third-order valence-corrected chi connectivity index (χ3v) is 4.25. The lowest BCUT2D eigenvalue weighted by Gasteiger charge is -2.21. The van der Waals surface area contributed by atoms with Gasteiger partial charge in [0.1, 0.15) is 5.69 Å². The Labute approximate surface area is 148 Å². The molecule has 6 nitrogen and oxygen atoms in total. The van der Waals surface area contributed by atoms with Gasteiger partial charge in [-0.1, -0.05) is 0 Å². The summed E-state index contributed by atoms with van der Waals surface area (Å²) in [4.78, 5) is 23.2. The molecule has 132 valence electrons. The molecule has 25 heavy (non-hydrogen) atoms. The van der Waals surface area contributed by atoms with E-state index in [-0.39, 0.29) is 5.91 Å². The number of hydrogen-bond donors (Lipinski definition) is 2.